The van der Waals surface area contributed by atoms with Crippen molar-refractivity contribution in [3.8, 4) is 11.5 Å². The molecule has 0 spiro atoms. The molecule has 0 atom stereocenters. The Hall–Kier alpha value is -3.47. The Morgan fingerprint density at radius 2 is 1.59 bits per heavy atom. The summed E-state index contributed by atoms with van der Waals surface area (Å²) in [7, 11) is 0. The van der Waals surface area contributed by atoms with Crippen LogP contribution in [0.3, 0.4) is 0 Å². The van der Waals surface area contributed by atoms with Gasteiger partial charge in [0.25, 0.3) is 0 Å². The molecular weight excluding hydrogens is 400 g/mol. The molecule has 3 rings (SSSR count). The summed E-state index contributed by atoms with van der Waals surface area (Å²) in [5, 5.41) is 6.04. The van der Waals surface area contributed by atoms with E-state index in [2.05, 4.69) is 17.6 Å². The predicted molar refractivity (Wildman–Crippen MR) is 130 cm³/mol. The fraction of sp³-hybridized carbons (Fsp3) is 0.296. The Balaban J connectivity index is 1.40. The number of ether oxygens (including phenoxy) is 2. The van der Waals surface area contributed by atoms with Crippen molar-refractivity contribution in [3.63, 3.8) is 0 Å². The lowest BCUT2D eigenvalue weighted by atomic mass is 10.2. The van der Waals surface area contributed by atoms with Crippen molar-refractivity contribution in [3.05, 3.63) is 84.4 Å². The van der Waals surface area contributed by atoms with E-state index in [1.807, 2.05) is 78.9 Å². The van der Waals surface area contributed by atoms with Crippen LogP contribution in [0.25, 0.3) is 0 Å². The lowest BCUT2D eigenvalue weighted by Gasteiger charge is -2.11. The zero-order valence-electron chi connectivity index (χ0n) is 18.7. The molecule has 5 heteroatoms. The summed E-state index contributed by atoms with van der Waals surface area (Å²) in [4.78, 5) is 12.3. The molecule has 0 aliphatic rings. The molecule has 2 N–H and O–H groups in total. The normalized spacial score (nSPS) is 10.4. The second-order valence-corrected chi connectivity index (χ2v) is 7.64. The molecule has 0 unspecified atom stereocenters. The van der Waals surface area contributed by atoms with Crippen LogP contribution in [0.4, 0.5) is 11.4 Å². The first kappa shape index (κ1) is 23.2. The summed E-state index contributed by atoms with van der Waals surface area (Å²) in [6.07, 6.45) is 4.75. The van der Waals surface area contributed by atoms with Crippen molar-refractivity contribution in [2.75, 3.05) is 23.8 Å². The molecule has 0 fully saturated rings. The summed E-state index contributed by atoms with van der Waals surface area (Å²) in [6, 6.07) is 25.1. The molecule has 3 aromatic carbocycles. The van der Waals surface area contributed by atoms with E-state index in [0.717, 1.165) is 30.0 Å². The number of hydrogen-bond acceptors (Lipinski definition) is 4. The number of unbranched alkanes of at least 4 members (excludes halogenated alkanes) is 3. The van der Waals surface area contributed by atoms with Gasteiger partial charge in [-0.05, 0) is 48.4 Å². The van der Waals surface area contributed by atoms with Gasteiger partial charge >= 0.3 is 0 Å². The Morgan fingerprint density at radius 1 is 0.781 bits per heavy atom. The third kappa shape index (κ3) is 8.34. The minimum atomic E-state index is -0.124. The van der Waals surface area contributed by atoms with E-state index in [9.17, 15) is 4.79 Å². The maximum absolute atomic E-state index is 12.3. The van der Waals surface area contributed by atoms with Gasteiger partial charge in [0.05, 0.1) is 13.2 Å². The summed E-state index contributed by atoms with van der Waals surface area (Å²) in [5.41, 5.74) is 2.67. The highest BCUT2D eigenvalue weighted by Crippen LogP contribution is 2.19. The van der Waals surface area contributed by atoms with Gasteiger partial charge in [-0.25, -0.2) is 0 Å². The van der Waals surface area contributed by atoms with Gasteiger partial charge in [-0.15, -0.1) is 0 Å². The highest BCUT2D eigenvalue weighted by molar-refractivity contribution is 5.93. The number of rotatable bonds is 13. The highest BCUT2D eigenvalue weighted by Gasteiger charge is 2.04. The number of benzene rings is 3. The largest absolute Gasteiger partial charge is 0.494 e. The van der Waals surface area contributed by atoms with Crippen LogP contribution in [-0.2, 0) is 11.4 Å². The standard InChI is InChI=1S/C27H32N2O3/c1-2-3-4-8-18-31-25-16-14-23(15-17-25)28-20-27(30)29-24-12-9-13-26(19-24)32-21-22-10-6-5-7-11-22/h5-7,9-17,19,28H,2-4,8,18,20-21H2,1H3,(H,29,30). The van der Waals surface area contributed by atoms with E-state index in [0.29, 0.717) is 18.0 Å². The maximum atomic E-state index is 12.3. The van der Waals surface area contributed by atoms with E-state index < -0.39 is 0 Å². The van der Waals surface area contributed by atoms with Gasteiger partial charge in [0.1, 0.15) is 18.1 Å². The van der Waals surface area contributed by atoms with Crippen molar-refractivity contribution in [2.45, 2.75) is 39.2 Å². The van der Waals surface area contributed by atoms with Crippen LogP contribution in [0.15, 0.2) is 78.9 Å². The average Bonchev–Trinajstić information content (AvgIpc) is 2.83. The van der Waals surface area contributed by atoms with Gasteiger partial charge in [-0.1, -0.05) is 62.6 Å². The molecule has 168 valence electrons. The third-order valence-corrected chi connectivity index (χ3v) is 4.94. The number of hydrogen-bond donors (Lipinski definition) is 2. The third-order valence-electron chi connectivity index (χ3n) is 4.94. The van der Waals surface area contributed by atoms with Crippen LogP contribution in [0.2, 0.25) is 0 Å². The summed E-state index contributed by atoms with van der Waals surface area (Å²) in [5.74, 6) is 1.44. The monoisotopic (exact) mass is 432 g/mol. The minimum absolute atomic E-state index is 0.124. The van der Waals surface area contributed by atoms with E-state index in [1.54, 1.807) is 0 Å². The fourth-order valence-corrected chi connectivity index (χ4v) is 3.18. The van der Waals surface area contributed by atoms with Crippen molar-refractivity contribution in [2.24, 2.45) is 0 Å². The first-order chi connectivity index (χ1) is 15.7. The Morgan fingerprint density at radius 3 is 2.38 bits per heavy atom. The smallest absolute Gasteiger partial charge is 0.243 e. The van der Waals surface area contributed by atoms with E-state index in [4.69, 9.17) is 9.47 Å². The highest BCUT2D eigenvalue weighted by atomic mass is 16.5. The molecule has 0 aliphatic carbocycles. The molecule has 5 nitrogen and oxygen atoms in total. The lowest BCUT2D eigenvalue weighted by molar-refractivity contribution is -0.114. The number of anilines is 2. The second-order valence-electron chi connectivity index (χ2n) is 7.64. The van der Waals surface area contributed by atoms with Gasteiger partial charge in [0.15, 0.2) is 0 Å². The average molecular weight is 433 g/mol. The van der Waals surface area contributed by atoms with Crippen molar-refractivity contribution in [1.82, 2.24) is 0 Å². The van der Waals surface area contributed by atoms with Gasteiger partial charge in [0.2, 0.25) is 5.91 Å². The molecule has 0 aliphatic heterocycles. The summed E-state index contributed by atoms with van der Waals surface area (Å²) in [6.45, 7) is 3.60. The number of amides is 1. The van der Waals surface area contributed by atoms with Crippen LogP contribution < -0.4 is 20.1 Å². The van der Waals surface area contributed by atoms with Gasteiger partial charge in [0, 0.05) is 17.4 Å². The Bertz CT molecular complexity index is 943. The topological polar surface area (TPSA) is 59.6 Å². The minimum Gasteiger partial charge on any atom is -0.494 e. The summed E-state index contributed by atoms with van der Waals surface area (Å²) >= 11 is 0. The molecule has 0 saturated carbocycles. The molecule has 0 bridgehead atoms. The van der Waals surface area contributed by atoms with E-state index in [-0.39, 0.29) is 12.5 Å². The van der Waals surface area contributed by atoms with Crippen LogP contribution in [0.1, 0.15) is 38.2 Å². The maximum Gasteiger partial charge on any atom is 0.243 e. The zero-order valence-corrected chi connectivity index (χ0v) is 18.7. The number of carbonyl (C=O) groups excluding carboxylic acids is 1. The van der Waals surface area contributed by atoms with Crippen molar-refractivity contribution >= 4 is 17.3 Å². The Labute approximate surface area is 190 Å². The predicted octanol–water partition coefficient (Wildman–Crippen LogP) is 6.28. The SMILES string of the molecule is CCCCCCOc1ccc(NCC(=O)Nc2cccc(OCc3ccccc3)c2)cc1. The second kappa shape index (κ2) is 13.1. The molecule has 3 aromatic rings. The van der Waals surface area contributed by atoms with Crippen LogP contribution in [0, 0.1) is 0 Å². The van der Waals surface area contributed by atoms with Gasteiger partial charge in [-0.3, -0.25) is 4.79 Å². The molecule has 0 radical (unpaired) electrons. The van der Waals surface area contributed by atoms with Gasteiger partial charge in [-0.2, -0.15) is 0 Å². The van der Waals surface area contributed by atoms with E-state index in [1.165, 1.54) is 19.3 Å². The van der Waals surface area contributed by atoms with Crippen LogP contribution >= 0.6 is 0 Å². The van der Waals surface area contributed by atoms with Crippen LogP contribution in [-0.4, -0.2) is 19.1 Å². The lowest BCUT2D eigenvalue weighted by Crippen LogP contribution is -2.21. The molecule has 0 saturated heterocycles. The zero-order chi connectivity index (χ0) is 22.4. The van der Waals surface area contributed by atoms with Crippen molar-refractivity contribution < 1.29 is 14.3 Å². The molecule has 32 heavy (non-hydrogen) atoms. The van der Waals surface area contributed by atoms with Crippen LogP contribution in [0.5, 0.6) is 11.5 Å². The Kier molecular flexibility index (Phi) is 9.46. The van der Waals surface area contributed by atoms with Gasteiger partial charge < -0.3 is 20.1 Å². The number of carbonyl (C=O) groups is 1. The van der Waals surface area contributed by atoms with E-state index >= 15 is 0 Å². The first-order valence-corrected chi connectivity index (χ1v) is 11.3. The number of nitrogens with one attached hydrogen (secondary N) is 2. The quantitative estimate of drug-likeness (QED) is 0.312. The molecular formula is C27H32N2O3. The molecule has 0 heterocycles. The first-order valence-electron chi connectivity index (χ1n) is 11.3. The fourth-order valence-electron chi connectivity index (χ4n) is 3.18. The summed E-state index contributed by atoms with van der Waals surface area (Å²) < 4.78 is 11.6. The van der Waals surface area contributed by atoms with Crippen molar-refractivity contribution in [1.29, 1.82) is 0 Å². The molecule has 1 amide bonds. The molecule has 0 aromatic heterocycles.